The van der Waals surface area contributed by atoms with Crippen LogP contribution < -0.4 is 0 Å². The first-order valence-electron chi connectivity index (χ1n) is 9.35. The summed E-state index contributed by atoms with van der Waals surface area (Å²) in [6.45, 7) is -0.246. The third-order valence-electron chi connectivity index (χ3n) is 4.92. The molecule has 27 heavy (non-hydrogen) atoms. The second kappa shape index (κ2) is 9.65. The second-order valence-electron chi connectivity index (χ2n) is 6.88. The normalized spacial score (nSPS) is 15.0. The Kier molecular flexibility index (Phi) is 6.99. The Morgan fingerprint density at radius 1 is 1.04 bits per heavy atom. The van der Waals surface area contributed by atoms with Crippen molar-refractivity contribution in [2.75, 3.05) is 6.61 Å². The molecule has 0 saturated heterocycles. The number of rotatable bonds is 6. The molecule has 0 unspecified atom stereocenters. The van der Waals surface area contributed by atoms with Crippen LogP contribution >= 0.6 is 15.9 Å². The first kappa shape index (κ1) is 19.6. The molecule has 140 valence electrons. The molecule has 0 aromatic heterocycles. The van der Waals surface area contributed by atoms with E-state index in [4.69, 9.17) is 4.74 Å². The number of hydrogen-bond donors (Lipinski definition) is 0. The summed E-state index contributed by atoms with van der Waals surface area (Å²) in [7, 11) is 0. The molecular formula is C23H23BrO3. The van der Waals surface area contributed by atoms with Gasteiger partial charge in [-0.05, 0) is 48.1 Å². The van der Waals surface area contributed by atoms with Crippen LogP contribution in [0.1, 0.15) is 59.5 Å². The summed E-state index contributed by atoms with van der Waals surface area (Å²) in [5.74, 6) is -0.0968. The molecular weight excluding hydrogens is 404 g/mol. The molecule has 0 bridgehead atoms. The molecule has 0 heterocycles. The molecule has 0 radical (unpaired) electrons. The molecule has 2 aromatic carbocycles. The maximum absolute atomic E-state index is 12.2. The van der Waals surface area contributed by atoms with Gasteiger partial charge in [0, 0.05) is 16.1 Å². The Balaban J connectivity index is 1.50. The van der Waals surface area contributed by atoms with Crippen LogP contribution in [0.25, 0.3) is 6.08 Å². The van der Waals surface area contributed by atoms with Crippen LogP contribution in [0.3, 0.4) is 0 Å². The van der Waals surface area contributed by atoms with Crippen molar-refractivity contribution in [1.82, 2.24) is 0 Å². The average Bonchev–Trinajstić information content (AvgIpc) is 2.71. The molecule has 1 saturated carbocycles. The standard InChI is InChI=1S/C23H23BrO3/c24-21-8-4-5-17(15-21)9-14-23(26)27-16-22(25)20-12-10-19(11-13-20)18-6-2-1-3-7-18/h4-5,8-15,18H,1-3,6-7,16H2. The van der Waals surface area contributed by atoms with E-state index in [9.17, 15) is 9.59 Å². The highest BCUT2D eigenvalue weighted by atomic mass is 79.9. The lowest BCUT2D eigenvalue weighted by Gasteiger charge is -2.22. The Bertz CT molecular complexity index is 818. The van der Waals surface area contributed by atoms with Crippen LogP contribution in [0.15, 0.2) is 59.1 Å². The molecule has 3 rings (SSSR count). The van der Waals surface area contributed by atoms with E-state index < -0.39 is 5.97 Å². The summed E-state index contributed by atoms with van der Waals surface area (Å²) in [5.41, 5.74) is 2.77. The van der Waals surface area contributed by atoms with Gasteiger partial charge in [0.2, 0.25) is 0 Å². The number of ketones is 1. The number of carbonyl (C=O) groups excluding carboxylic acids is 2. The van der Waals surface area contributed by atoms with Crippen LogP contribution in [0.4, 0.5) is 0 Å². The Hall–Kier alpha value is -2.20. The van der Waals surface area contributed by atoms with Gasteiger partial charge < -0.3 is 4.74 Å². The number of carbonyl (C=O) groups is 2. The van der Waals surface area contributed by atoms with Crippen LogP contribution in [0, 0.1) is 0 Å². The zero-order chi connectivity index (χ0) is 19.1. The zero-order valence-electron chi connectivity index (χ0n) is 15.2. The summed E-state index contributed by atoms with van der Waals surface area (Å²) < 4.78 is 6.00. The second-order valence-corrected chi connectivity index (χ2v) is 7.79. The molecule has 0 spiro atoms. The van der Waals surface area contributed by atoms with E-state index >= 15 is 0 Å². The number of ether oxygens (including phenoxy) is 1. The van der Waals surface area contributed by atoms with Gasteiger partial charge in [0.1, 0.15) is 0 Å². The van der Waals surface area contributed by atoms with Crippen molar-refractivity contribution >= 4 is 33.8 Å². The number of halogens is 1. The van der Waals surface area contributed by atoms with Gasteiger partial charge >= 0.3 is 5.97 Å². The molecule has 1 aliphatic carbocycles. The molecule has 0 N–H and O–H groups in total. The Morgan fingerprint density at radius 2 is 1.78 bits per heavy atom. The topological polar surface area (TPSA) is 43.4 Å². The van der Waals surface area contributed by atoms with Crippen molar-refractivity contribution in [3.8, 4) is 0 Å². The molecule has 1 aliphatic rings. The Labute approximate surface area is 168 Å². The third-order valence-corrected chi connectivity index (χ3v) is 5.41. The SMILES string of the molecule is O=C(C=Cc1cccc(Br)c1)OCC(=O)c1ccc(C2CCCCC2)cc1. The zero-order valence-corrected chi connectivity index (χ0v) is 16.8. The molecule has 0 amide bonds. The molecule has 2 aromatic rings. The van der Waals surface area contributed by atoms with E-state index in [-0.39, 0.29) is 12.4 Å². The van der Waals surface area contributed by atoms with E-state index in [1.165, 1.54) is 43.7 Å². The fraction of sp³-hybridized carbons (Fsp3) is 0.304. The van der Waals surface area contributed by atoms with E-state index in [0.29, 0.717) is 11.5 Å². The number of esters is 1. The molecule has 3 nitrogen and oxygen atoms in total. The van der Waals surface area contributed by atoms with E-state index in [2.05, 4.69) is 15.9 Å². The molecule has 0 aliphatic heterocycles. The first-order valence-corrected chi connectivity index (χ1v) is 10.1. The summed E-state index contributed by atoms with van der Waals surface area (Å²) in [5, 5.41) is 0. The van der Waals surface area contributed by atoms with E-state index in [0.717, 1.165) is 10.0 Å². The number of hydrogen-bond acceptors (Lipinski definition) is 3. The third kappa shape index (κ3) is 5.90. The minimum Gasteiger partial charge on any atom is -0.454 e. The number of benzene rings is 2. The predicted octanol–water partition coefficient (Wildman–Crippen LogP) is 5.94. The van der Waals surface area contributed by atoms with Crippen molar-refractivity contribution in [1.29, 1.82) is 0 Å². The van der Waals surface area contributed by atoms with Crippen LogP contribution in [-0.2, 0) is 9.53 Å². The van der Waals surface area contributed by atoms with Crippen molar-refractivity contribution in [3.05, 3.63) is 75.8 Å². The van der Waals surface area contributed by atoms with Gasteiger partial charge in [0.15, 0.2) is 12.4 Å². The van der Waals surface area contributed by atoms with Gasteiger partial charge in [0.25, 0.3) is 0 Å². The van der Waals surface area contributed by atoms with Crippen molar-refractivity contribution in [2.45, 2.75) is 38.0 Å². The summed E-state index contributed by atoms with van der Waals surface area (Å²) in [6.07, 6.45) is 9.36. The number of Topliss-reactive ketones (excluding diaryl/α,β-unsaturated/α-hetero) is 1. The van der Waals surface area contributed by atoms with Crippen LogP contribution in [-0.4, -0.2) is 18.4 Å². The van der Waals surface area contributed by atoms with Gasteiger partial charge in [-0.2, -0.15) is 0 Å². The lowest BCUT2D eigenvalue weighted by Crippen LogP contribution is -2.13. The van der Waals surface area contributed by atoms with Gasteiger partial charge in [0.05, 0.1) is 0 Å². The summed E-state index contributed by atoms with van der Waals surface area (Å²) >= 11 is 3.38. The van der Waals surface area contributed by atoms with Gasteiger partial charge in [-0.1, -0.05) is 71.6 Å². The summed E-state index contributed by atoms with van der Waals surface area (Å²) in [6, 6.07) is 15.3. The van der Waals surface area contributed by atoms with Crippen LogP contribution in [0.5, 0.6) is 0 Å². The van der Waals surface area contributed by atoms with Crippen molar-refractivity contribution < 1.29 is 14.3 Å². The molecule has 1 fully saturated rings. The fourth-order valence-electron chi connectivity index (χ4n) is 3.42. The lowest BCUT2D eigenvalue weighted by atomic mass is 9.84. The summed E-state index contributed by atoms with van der Waals surface area (Å²) in [4.78, 5) is 24.1. The predicted molar refractivity (Wildman–Crippen MR) is 111 cm³/mol. The van der Waals surface area contributed by atoms with Gasteiger partial charge in [-0.3, -0.25) is 4.79 Å². The quantitative estimate of drug-likeness (QED) is 0.326. The highest BCUT2D eigenvalue weighted by molar-refractivity contribution is 9.10. The molecule has 0 atom stereocenters. The van der Waals surface area contributed by atoms with Crippen molar-refractivity contribution in [3.63, 3.8) is 0 Å². The highest BCUT2D eigenvalue weighted by Gasteiger charge is 2.16. The largest absolute Gasteiger partial charge is 0.454 e. The maximum atomic E-state index is 12.2. The minimum atomic E-state index is -0.526. The van der Waals surface area contributed by atoms with Crippen molar-refractivity contribution in [2.24, 2.45) is 0 Å². The molecule has 4 heteroatoms. The van der Waals surface area contributed by atoms with Gasteiger partial charge in [-0.25, -0.2) is 4.79 Å². The maximum Gasteiger partial charge on any atom is 0.331 e. The first-order chi connectivity index (χ1) is 13.1. The fourth-order valence-corrected chi connectivity index (χ4v) is 3.84. The van der Waals surface area contributed by atoms with Crippen LogP contribution in [0.2, 0.25) is 0 Å². The minimum absolute atomic E-state index is 0.186. The lowest BCUT2D eigenvalue weighted by molar-refractivity contribution is -0.136. The van der Waals surface area contributed by atoms with E-state index in [1.807, 2.05) is 48.5 Å². The smallest absolute Gasteiger partial charge is 0.331 e. The monoisotopic (exact) mass is 426 g/mol. The van der Waals surface area contributed by atoms with E-state index in [1.54, 1.807) is 6.08 Å². The highest BCUT2D eigenvalue weighted by Crippen LogP contribution is 2.32. The van der Waals surface area contributed by atoms with Gasteiger partial charge in [-0.15, -0.1) is 0 Å². The average molecular weight is 427 g/mol. The Morgan fingerprint density at radius 3 is 2.48 bits per heavy atom.